The monoisotopic (exact) mass is 178 g/mol. The van der Waals surface area contributed by atoms with E-state index in [0.717, 1.165) is 0 Å². The summed E-state index contributed by atoms with van der Waals surface area (Å²) in [7, 11) is -2.32. The zero-order chi connectivity index (χ0) is 4.99. The van der Waals surface area contributed by atoms with Gasteiger partial charge >= 0.3 is 0 Å². The lowest BCUT2D eigenvalue weighted by Gasteiger charge is -1.70. The first-order valence-electron chi connectivity index (χ1n) is 1.63. The van der Waals surface area contributed by atoms with Crippen molar-refractivity contribution in [3.8, 4) is 0 Å². The van der Waals surface area contributed by atoms with Gasteiger partial charge in [0.25, 0.3) is 0 Å². The molecule has 0 saturated carbocycles. The average Bonchev–Trinajstić information content (AvgIpc) is 1.35. The van der Waals surface area contributed by atoms with Gasteiger partial charge in [-0.1, -0.05) is 6.08 Å². The third-order valence-electron chi connectivity index (χ3n) is 0.309. The lowest BCUT2D eigenvalue weighted by atomic mass is 10.8. The molecule has 8 heavy (non-hydrogen) atoms. The van der Waals surface area contributed by atoms with Crippen molar-refractivity contribution in [2.75, 3.05) is 0 Å². The maximum Gasteiger partial charge on any atom is 0.210 e. The summed E-state index contributed by atoms with van der Waals surface area (Å²) < 4.78 is 9.70. The van der Waals surface area contributed by atoms with Gasteiger partial charge in [-0.3, -0.25) is 4.57 Å². The third-order valence-corrected chi connectivity index (χ3v) is 0.928. The van der Waals surface area contributed by atoms with Crippen molar-refractivity contribution < 1.29 is 9.46 Å². The van der Waals surface area contributed by atoms with Gasteiger partial charge < -0.3 is 4.89 Å². The maximum atomic E-state index is 9.70. The second kappa shape index (κ2) is 10.5. The molecule has 5 heteroatoms. The molecule has 0 saturated heterocycles. The highest BCUT2D eigenvalue weighted by molar-refractivity contribution is 7.41. The number of rotatable bonds is 1. The predicted molar refractivity (Wildman–Crippen MR) is 40.5 cm³/mol. The first kappa shape index (κ1) is 15.8. The molecular weight excluding hydrogens is 170 g/mol. The van der Waals surface area contributed by atoms with E-state index in [1.165, 1.54) is 5.82 Å². The highest BCUT2D eigenvalue weighted by Gasteiger charge is 1.71. The first-order chi connectivity index (χ1) is 2.77. The van der Waals surface area contributed by atoms with Crippen molar-refractivity contribution in [1.82, 2.24) is 0 Å². The molecule has 52 valence electrons. The number of halogens is 2. The van der Waals surface area contributed by atoms with E-state index >= 15 is 0 Å². The van der Waals surface area contributed by atoms with Crippen LogP contribution in [0.15, 0.2) is 11.9 Å². The van der Waals surface area contributed by atoms with Gasteiger partial charge in [0, 0.05) is 0 Å². The Morgan fingerprint density at radius 3 is 1.88 bits per heavy atom. The average molecular weight is 179 g/mol. The van der Waals surface area contributed by atoms with Crippen LogP contribution in [-0.4, -0.2) is 4.89 Å². The summed E-state index contributed by atoms with van der Waals surface area (Å²) in [6.45, 7) is 1.71. The molecule has 0 bridgehead atoms. The largest absolute Gasteiger partial charge is 0.344 e. The summed E-state index contributed by atoms with van der Waals surface area (Å²) in [5.41, 5.74) is 0. The van der Waals surface area contributed by atoms with Crippen molar-refractivity contribution in [3.63, 3.8) is 0 Å². The molecule has 0 aliphatic carbocycles. The van der Waals surface area contributed by atoms with Crippen LogP contribution in [0.1, 0.15) is 6.92 Å². The van der Waals surface area contributed by atoms with Gasteiger partial charge in [-0.25, -0.2) is 0 Å². The molecule has 1 atom stereocenters. The summed E-state index contributed by atoms with van der Waals surface area (Å²) >= 11 is 0. The van der Waals surface area contributed by atoms with E-state index in [4.69, 9.17) is 4.89 Å². The number of hydrogen-bond acceptors (Lipinski definition) is 1. The van der Waals surface area contributed by atoms with Gasteiger partial charge in [0.2, 0.25) is 8.03 Å². The van der Waals surface area contributed by atoms with Crippen LogP contribution >= 0.6 is 32.8 Å². The Hall–Kier alpha value is 0.510. The zero-order valence-electron chi connectivity index (χ0n) is 4.33. The lowest BCUT2D eigenvalue weighted by molar-refractivity contribution is 0.512. The van der Waals surface area contributed by atoms with E-state index in [1.54, 1.807) is 13.0 Å². The molecule has 2 nitrogen and oxygen atoms in total. The van der Waals surface area contributed by atoms with Crippen LogP contribution in [0.3, 0.4) is 0 Å². The molecule has 1 unspecified atom stereocenters. The zero-order valence-corrected chi connectivity index (χ0v) is 6.96. The van der Waals surface area contributed by atoms with Crippen molar-refractivity contribution in [2.45, 2.75) is 6.92 Å². The Morgan fingerprint density at radius 2 is 1.88 bits per heavy atom. The molecule has 0 spiro atoms. The normalized spacial score (nSPS) is 11.8. The Bertz CT molecular complexity index is 83.4. The summed E-state index contributed by atoms with van der Waals surface area (Å²) in [5, 5.41) is 0. The molecule has 0 aromatic heterocycles. The second-order valence-electron chi connectivity index (χ2n) is 0.838. The van der Waals surface area contributed by atoms with Gasteiger partial charge in [0.15, 0.2) is 0 Å². The highest BCUT2D eigenvalue weighted by Crippen LogP contribution is 2.12. The topological polar surface area (TPSA) is 37.3 Å². The van der Waals surface area contributed by atoms with E-state index in [9.17, 15) is 4.57 Å². The molecular formula is C3H9Cl2O2P. The Kier molecular flexibility index (Phi) is 20.7. The SMILES string of the molecule is CC=C[PH](=O)O.Cl.Cl. The minimum atomic E-state index is -2.32. The molecule has 0 radical (unpaired) electrons. The fourth-order valence-corrected chi connectivity index (χ4v) is 0.428. The van der Waals surface area contributed by atoms with Crippen LogP contribution in [0.5, 0.6) is 0 Å². The van der Waals surface area contributed by atoms with Crippen LogP contribution < -0.4 is 0 Å². The van der Waals surface area contributed by atoms with Gasteiger partial charge in [0.05, 0.1) is 0 Å². The summed E-state index contributed by atoms with van der Waals surface area (Å²) in [5.74, 6) is 1.27. The quantitative estimate of drug-likeness (QED) is 0.623. The molecule has 0 aliphatic rings. The van der Waals surface area contributed by atoms with E-state index in [2.05, 4.69) is 0 Å². The molecule has 0 aromatic carbocycles. The van der Waals surface area contributed by atoms with E-state index in [0.29, 0.717) is 0 Å². The van der Waals surface area contributed by atoms with Crippen molar-refractivity contribution in [2.24, 2.45) is 0 Å². The molecule has 1 N–H and O–H groups in total. The molecule has 0 aliphatic heterocycles. The van der Waals surface area contributed by atoms with Crippen LogP contribution in [0.25, 0.3) is 0 Å². The Labute approximate surface area is 61.7 Å². The highest BCUT2D eigenvalue weighted by atomic mass is 35.5. The van der Waals surface area contributed by atoms with Crippen molar-refractivity contribution >= 4 is 32.8 Å². The fraction of sp³-hybridized carbons (Fsp3) is 0.333. The summed E-state index contributed by atoms with van der Waals surface area (Å²) in [6.07, 6.45) is 1.56. The minimum Gasteiger partial charge on any atom is -0.344 e. The van der Waals surface area contributed by atoms with Gasteiger partial charge in [-0.05, 0) is 12.7 Å². The predicted octanol–water partition coefficient (Wildman–Crippen LogP) is 1.83. The maximum absolute atomic E-state index is 9.70. The smallest absolute Gasteiger partial charge is 0.210 e. The summed E-state index contributed by atoms with van der Waals surface area (Å²) in [4.78, 5) is 8.01. The molecule has 0 rings (SSSR count). The fourth-order valence-electron chi connectivity index (χ4n) is 0.143. The summed E-state index contributed by atoms with van der Waals surface area (Å²) in [6, 6.07) is 0. The Morgan fingerprint density at radius 1 is 1.50 bits per heavy atom. The molecule has 0 aromatic rings. The molecule has 0 heterocycles. The van der Waals surface area contributed by atoms with Crippen LogP contribution in [0.4, 0.5) is 0 Å². The van der Waals surface area contributed by atoms with Crippen LogP contribution in [0, 0.1) is 0 Å². The van der Waals surface area contributed by atoms with Crippen molar-refractivity contribution in [1.29, 1.82) is 0 Å². The van der Waals surface area contributed by atoms with Gasteiger partial charge in [0.1, 0.15) is 0 Å². The first-order valence-corrected chi connectivity index (χ1v) is 3.06. The van der Waals surface area contributed by atoms with E-state index < -0.39 is 8.03 Å². The lowest BCUT2D eigenvalue weighted by Crippen LogP contribution is -1.41. The minimum absolute atomic E-state index is 0. The van der Waals surface area contributed by atoms with Gasteiger partial charge in [-0.2, -0.15) is 0 Å². The third kappa shape index (κ3) is 16.0. The van der Waals surface area contributed by atoms with Crippen molar-refractivity contribution in [3.05, 3.63) is 11.9 Å². The van der Waals surface area contributed by atoms with Crippen LogP contribution in [-0.2, 0) is 4.57 Å². The Balaban J connectivity index is -0.000000125. The van der Waals surface area contributed by atoms with E-state index in [1.807, 2.05) is 0 Å². The number of hydrogen-bond donors (Lipinski definition) is 1. The van der Waals surface area contributed by atoms with Gasteiger partial charge in [-0.15, -0.1) is 24.8 Å². The second-order valence-corrected chi connectivity index (χ2v) is 1.85. The van der Waals surface area contributed by atoms with Crippen LogP contribution in [0.2, 0.25) is 0 Å². The molecule has 0 fully saturated rings. The molecule has 0 amide bonds. The standard InChI is InChI=1S/C3H7O2P.2ClH/c1-2-3-6(4)5;;/h2-3,6H,1H3,(H,4,5);2*1H. The number of allylic oxidation sites excluding steroid dienone is 1. The van der Waals surface area contributed by atoms with E-state index in [-0.39, 0.29) is 24.8 Å².